The Hall–Kier alpha value is -0.900. The molecule has 106 valence electrons. The van der Waals surface area contributed by atoms with Crippen LogP contribution >= 0.6 is 0 Å². The van der Waals surface area contributed by atoms with E-state index >= 15 is 0 Å². The Morgan fingerprint density at radius 2 is 1.95 bits per heavy atom. The molecule has 3 heteroatoms. The molecule has 1 aliphatic carbocycles. The molecule has 1 aromatic carbocycles. The maximum absolute atomic E-state index is 9.69. The van der Waals surface area contributed by atoms with Crippen molar-refractivity contribution >= 4 is 0 Å². The third-order valence-electron chi connectivity index (χ3n) is 4.05. The van der Waals surface area contributed by atoms with Crippen molar-refractivity contribution in [3.8, 4) is 0 Å². The fraction of sp³-hybridized carbons (Fsp3) is 0.625. The molecule has 0 aromatic heterocycles. The first kappa shape index (κ1) is 14.5. The van der Waals surface area contributed by atoms with Crippen LogP contribution in [0.4, 0.5) is 0 Å². The number of aliphatic hydroxyl groups excluding tert-OH is 1. The van der Waals surface area contributed by atoms with Crippen LogP contribution in [0.3, 0.4) is 0 Å². The summed E-state index contributed by atoms with van der Waals surface area (Å²) in [7, 11) is 0. The Labute approximate surface area is 116 Å². The SMILES string of the molecule is CCCN(CCC(N)(CO)c1ccccc1)C1CC1. The molecule has 0 heterocycles. The molecular formula is C16H26N2O. The molecular weight excluding hydrogens is 236 g/mol. The molecule has 0 bridgehead atoms. The first-order valence-electron chi connectivity index (χ1n) is 7.39. The summed E-state index contributed by atoms with van der Waals surface area (Å²) in [6.07, 6.45) is 4.63. The number of rotatable bonds is 8. The van der Waals surface area contributed by atoms with E-state index in [0.29, 0.717) is 0 Å². The van der Waals surface area contributed by atoms with Crippen LogP contribution in [0.1, 0.15) is 38.2 Å². The van der Waals surface area contributed by atoms with Crippen LogP contribution in [-0.4, -0.2) is 35.7 Å². The molecule has 2 rings (SSSR count). The summed E-state index contributed by atoms with van der Waals surface area (Å²) in [4.78, 5) is 2.53. The van der Waals surface area contributed by atoms with Crippen LogP contribution in [0.15, 0.2) is 30.3 Å². The Bertz CT molecular complexity index is 378. The second-order valence-corrected chi connectivity index (χ2v) is 5.70. The van der Waals surface area contributed by atoms with E-state index in [4.69, 9.17) is 5.73 Å². The van der Waals surface area contributed by atoms with Crippen LogP contribution in [0.5, 0.6) is 0 Å². The maximum Gasteiger partial charge on any atom is 0.0656 e. The molecule has 3 nitrogen and oxygen atoms in total. The van der Waals surface area contributed by atoms with Crippen molar-refractivity contribution in [1.82, 2.24) is 4.90 Å². The van der Waals surface area contributed by atoms with Crippen LogP contribution < -0.4 is 5.73 Å². The summed E-state index contributed by atoms with van der Waals surface area (Å²) >= 11 is 0. The summed E-state index contributed by atoms with van der Waals surface area (Å²) in [5, 5.41) is 9.69. The Morgan fingerprint density at radius 1 is 1.26 bits per heavy atom. The average molecular weight is 262 g/mol. The van der Waals surface area contributed by atoms with Gasteiger partial charge in [0.05, 0.1) is 12.1 Å². The van der Waals surface area contributed by atoms with Gasteiger partial charge in [0.1, 0.15) is 0 Å². The summed E-state index contributed by atoms with van der Waals surface area (Å²) in [5.41, 5.74) is 6.83. The van der Waals surface area contributed by atoms with Gasteiger partial charge >= 0.3 is 0 Å². The lowest BCUT2D eigenvalue weighted by Gasteiger charge is -2.31. The highest BCUT2D eigenvalue weighted by Gasteiger charge is 2.32. The lowest BCUT2D eigenvalue weighted by atomic mass is 9.88. The van der Waals surface area contributed by atoms with Crippen molar-refractivity contribution in [1.29, 1.82) is 0 Å². The summed E-state index contributed by atoms with van der Waals surface area (Å²) in [6, 6.07) is 10.7. The van der Waals surface area contributed by atoms with Crippen molar-refractivity contribution in [3.63, 3.8) is 0 Å². The molecule has 0 radical (unpaired) electrons. The fourth-order valence-electron chi connectivity index (χ4n) is 2.63. The van der Waals surface area contributed by atoms with Crippen molar-refractivity contribution < 1.29 is 5.11 Å². The van der Waals surface area contributed by atoms with Gasteiger partial charge in [0.25, 0.3) is 0 Å². The second kappa shape index (κ2) is 6.51. The van der Waals surface area contributed by atoms with Gasteiger partial charge in [0.2, 0.25) is 0 Å². The number of nitrogens with two attached hydrogens (primary N) is 1. The molecule has 0 spiro atoms. The van der Waals surface area contributed by atoms with E-state index < -0.39 is 5.54 Å². The third kappa shape index (κ3) is 3.78. The minimum Gasteiger partial charge on any atom is -0.394 e. The van der Waals surface area contributed by atoms with Crippen molar-refractivity contribution in [2.45, 2.75) is 44.2 Å². The molecule has 3 N–H and O–H groups in total. The standard InChI is InChI=1S/C16H26N2O/c1-2-11-18(15-8-9-15)12-10-16(17,13-19)14-6-4-3-5-7-14/h3-7,15,19H,2,8-13,17H2,1H3. The first-order valence-corrected chi connectivity index (χ1v) is 7.39. The highest BCUT2D eigenvalue weighted by Crippen LogP contribution is 2.29. The zero-order chi connectivity index (χ0) is 13.7. The largest absolute Gasteiger partial charge is 0.394 e. The fourth-order valence-corrected chi connectivity index (χ4v) is 2.63. The van der Waals surface area contributed by atoms with Gasteiger partial charge in [0.15, 0.2) is 0 Å². The molecule has 1 saturated carbocycles. The zero-order valence-corrected chi connectivity index (χ0v) is 11.9. The van der Waals surface area contributed by atoms with E-state index in [9.17, 15) is 5.11 Å². The van der Waals surface area contributed by atoms with Crippen molar-refractivity contribution in [3.05, 3.63) is 35.9 Å². The molecule has 0 amide bonds. The zero-order valence-electron chi connectivity index (χ0n) is 11.9. The summed E-state index contributed by atoms with van der Waals surface area (Å²) in [6.45, 7) is 4.33. The van der Waals surface area contributed by atoms with Crippen molar-refractivity contribution in [2.75, 3.05) is 19.7 Å². The highest BCUT2D eigenvalue weighted by molar-refractivity contribution is 5.24. The number of nitrogens with zero attached hydrogens (tertiary/aromatic N) is 1. The Morgan fingerprint density at radius 3 is 2.47 bits per heavy atom. The van der Waals surface area contributed by atoms with Gasteiger partial charge in [-0.25, -0.2) is 0 Å². The summed E-state index contributed by atoms with van der Waals surface area (Å²) in [5.74, 6) is 0. The number of hydrogen-bond acceptors (Lipinski definition) is 3. The number of benzene rings is 1. The monoisotopic (exact) mass is 262 g/mol. The van der Waals surface area contributed by atoms with Gasteiger partial charge in [-0.15, -0.1) is 0 Å². The van der Waals surface area contributed by atoms with E-state index in [0.717, 1.165) is 31.1 Å². The van der Waals surface area contributed by atoms with Crippen LogP contribution in [0, 0.1) is 0 Å². The van der Waals surface area contributed by atoms with Crippen molar-refractivity contribution in [2.24, 2.45) is 5.73 Å². The Balaban J connectivity index is 1.98. The molecule has 0 saturated heterocycles. The van der Waals surface area contributed by atoms with E-state index in [1.165, 1.54) is 19.3 Å². The first-order chi connectivity index (χ1) is 9.19. The maximum atomic E-state index is 9.69. The van der Waals surface area contributed by atoms with Crippen LogP contribution in [0.2, 0.25) is 0 Å². The predicted octanol–water partition coefficient (Wildman–Crippen LogP) is 2.10. The normalized spacial score (nSPS) is 18.5. The lowest BCUT2D eigenvalue weighted by Crippen LogP contribution is -2.44. The van der Waals surface area contributed by atoms with E-state index in [-0.39, 0.29) is 6.61 Å². The van der Waals surface area contributed by atoms with Crippen LogP contribution in [-0.2, 0) is 5.54 Å². The molecule has 0 aliphatic heterocycles. The van der Waals surface area contributed by atoms with E-state index in [1.807, 2.05) is 30.3 Å². The second-order valence-electron chi connectivity index (χ2n) is 5.70. The minimum absolute atomic E-state index is 0.00163. The van der Waals surface area contributed by atoms with Gasteiger partial charge in [-0.05, 0) is 37.8 Å². The molecule has 19 heavy (non-hydrogen) atoms. The smallest absolute Gasteiger partial charge is 0.0656 e. The Kier molecular flexibility index (Phi) is 4.97. The number of aliphatic hydroxyl groups is 1. The van der Waals surface area contributed by atoms with Gasteiger partial charge in [-0.2, -0.15) is 0 Å². The third-order valence-corrected chi connectivity index (χ3v) is 4.05. The van der Waals surface area contributed by atoms with Gasteiger partial charge in [-0.1, -0.05) is 37.3 Å². The summed E-state index contributed by atoms with van der Waals surface area (Å²) < 4.78 is 0. The topological polar surface area (TPSA) is 49.5 Å². The van der Waals surface area contributed by atoms with E-state index in [2.05, 4.69) is 11.8 Å². The lowest BCUT2D eigenvalue weighted by molar-refractivity contribution is 0.160. The van der Waals surface area contributed by atoms with Gasteiger partial charge in [-0.3, -0.25) is 0 Å². The molecule has 1 aliphatic rings. The molecule has 1 unspecified atom stereocenters. The average Bonchev–Trinajstić information content (AvgIpc) is 3.28. The number of hydrogen-bond donors (Lipinski definition) is 2. The van der Waals surface area contributed by atoms with Gasteiger partial charge < -0.3 is 15.7 Å². The highest BCUT2D eigenvalue weighted by atomic mass is 16.3. The molecule has 1 aromatic rings. The van der Waals surface area contributed by atoms with Crippen LogP contribution in [0.25, 0.3) is 0 Å². The predicted molar refractivity (Wildman–Crippen MR) is 78.9 cm³/mol. The van der Waals surface area contributed by atoms with Gasteiger partial charge in [0, 0.05) is 12.6 Å². The minimum atomic E-state index is -0.609. The van der Waals surface area contributed by atoms with E-state index in [1.54, 1.807) is 0 Å². The quantitative estimate of drug-likeness (QED) is 0.754. The molecule has 1 fully saturated rings. The molecule has 1 atom stereocenters.